The van der Waals surface area contributed by atoms with Gasteiger partial charge in [-0.2, -0.15) is 0 Å². The average Bonchev–Trinajstić information content (AvgIpc) is 3.17. The highest BCUT2D eigenvalue weighted by molar-refractivity contribution is 6.06. The predicted octanol–water partition coefficient (Wildman–Crippen LogP) is 0.0914. The molecule has 3 fully saturated rings. The van der Waals surface area contributed by atoms with E-state index < -0.39 is 6.04 Å². The smallest absolute Gasteiger partial charge is 0.255 e. The summed E-state index contributed by atoms with van der Waals surface area (Å²) in [6.45, 7) is 5.79. The maximum absolute atomic E-state index is 13.3. The van der Waals surface area contributed by atoms with Gasteiger partial charge in [0.15, 0.2) is 0 Å². The van der Waals surface area contributed by atoms with Crippen molar-refractivity contribution in [2.75, 3.05) is 39.3 Å². The first-order valence-electron chi connectivity index (χ1n) is 12.0. The summed E-state index contributed by atoms with van der Waals surface area (Å²) in [6, 6.07) is 5.29. The van der Waals surface area contributed by atoms with Crippen molar-refractivity contribution in [3.05, 3.63) is 34.9 Å². The Morgan fingerprint density at radius 3 is 2.61 bits per heavy atom. The van der Waals surface area contributed by atoms with Gasteiger partial charge in [0, 0.05) is 57.8 Å². The molecule has 176 valence electrons. The zero-order chi connectivity index (χ0) is 22.9. The number of carbonyl (C=O) groups excluding carboxylic acids is 4. The molecule has 2 N–H and O–H groups in total. The van der Waals surface area contributed by atoms with Crippen LogP contribution in [-0.4, -0.2) is 83.6 Å². The molecule has 0 radical (unpaired) electrons. The molecule has 0 aromatic heterocycles. The van der Waals surface area contributed by atoms with Crippen LogP contribution in [0.3, 0.4) is 0 Å². The maximum Gasteiger partial charge on any atom is 0.255 e. The number of amides is 4. The summed E-state index contributed by atoms with van der Waals surface area (Å²) in [7, 11) is 0. The van der Waals surface area contributed by atoms with Crippen LogP contribution in [-0.2, 0) is 27.5 Å². The van der Waals surface area contributed by atoms with Crippen molar-refractivity contribution >= 4 is 23.6 Å². The molecule has 2 unspecified atom stereocenters. The number of piperidine rings is 2. The summed E-state index contributed by atoms with van der Waals surface area (Å²) in [5.74, 6) is -0.439. The molecule has 0 spiro atoms. The monoisotopic (exact) mass is 453 g/mol. The van der Waals surface area contributed by atoms with E-state index in [4.69, 9.17) is 0 Å². The van der Waals surface area contributed by atoms with Crippen LogP contribution >= 0.6 is 0 Å². The third kappa shape index (κ3) is 4.39. The summed E-state index contributed by atoms with van der Waals surface area (Å²) >= 11 is 0. The third-order valence-electron chi connectivity index (χ3n) is 7.36. The van der Waals surface area contributed by atoms with E-state index >= 15 is 0 Å². The van der Waals surface area contributed by atoms with E-state index in [1.54, 1.807) is 4.90 Å². The molecule has 0 saturated carbocycles. The van der Waals surface area contributed by atoms with Crippen molar-refractivity contribution in [3.63, 3.8) is 0 Å². The van der Waals surface area contributed by atoms with Crippen molar-refractivity contribution in [1.82, 2.24) is 25.3 Å². The number of hydrogen-bond acceptors (Lipinski definition) is 6. The number of rotatable bonds is 4. The number of nitrogens with one attached hydrogen (secondary N) is 2. The summed E-state index contributed by atoms with van der Waals surface area (Å²) < 4.78 is 0. The lowest BCUT2D eigenvalue weighted by Crippen LogP contribution is -2.52. The van der Waals surface area contributed by atoms with Crippen molar-refractivity contribution < 1.29 is 19.2 Å². The van der Waals surface area contributed by atoms with Gasteiger partial charge in [0.2, 0.25) is 17.7 Å². The molecule has 1 aromatic carbocycles. The Hall–Kier alpha value is -2.78. The zero-order valence-electron chi connectivity index (χ0n) is 18.8. The van der Waals surface area contributed by atoms with Gasteiger partial charge in [-0.25, -0.2) is 0 Å². The number of piperazine rings is 1. The van der Waals surface area contributed by atoms with Crippen molar-refractivity contribution in [2.45, 2.75) is 44.8 Å². The van der Waals surface area contributed by atoms with Crippen LogP contribution in [0.5, 0.6) is 0 Å². The fraction of sp³-hybridized carbons (Fsp3) is 0.583. The SMILES string of the molecule is O=C1CCC(N2Cc3cccc(CN4CCN(C(=O)C5CCCNC5)CC4)c3C2=O)C(=O)N1. The summed E-state index contributed by atoms with van der Waals surface area (Å²) in [5, 5.41) is 5.68. The van der Waals surface area contributed by atoms with E-state index in [0.717, 1.165) is 50.1 Å². The first kappa shape index (κ1) is 22.0. The normalized spacial score (nSPS) is 26.4. The molecule has 9 heteroatoms. The molecular formula is C24H31N5O4. The van der Waals surface area contributed by atoms with E-state index in [2.05, 4.69) is 15.5 Å². The highest BCUT2D eigenvalue weighted by Gasteiger charge is 2.40. The molecule has 1 aromatic rings. The number of fused-ring (bicyclic) bond motifs is 1. The molecule has 0 aliphatic carbocycles. The standard InChI is InChI=1S/C24H31N5O4/c30-20-7-6-19(22(31)26-20)29-15-18-4-1-3-17(21(18)24(29)33)14-27-9-11-28(12-10-27)23(32)16-5-2-8-25-13-16/h1,3-4,16,19,25H,2,5-15H2,(H,26,30,31). The van der Waals surface area contributed by atoms with Crippen LogP contribution in [0.2, 0.25) is 0 Å². The van der Waals surface area contributed by atoms with Crippen LogP contribution in [0.25, 0.3) is 0 Å². The first-order chi connectivity index (χ1) is 16.0. The van der Waals surface area contributed by atoms with E-state index in [1.807, 2.05) is 23.1 Å². The highest BCUT2D eigenvalue weighted by atomic mass is 16.2. The van der Waals surface area contributed by atoms with Gasteiger partial charge >= 0.3 is 0 Å². The Kier molecular flexibility index (Phi) is 6.16. The van der Waals surface area contributed by atoms with Crippen LogP contribution < -0.4 is 10.6 Å². The van der Waals surface area contributed by atoms with Gasteiger partial charge in [-0.15, -0.1) is 0 Å². The van der Waals surface area contributed by atoms with Gasteiger partial charge in [0.05, 0.1) is 5.92 Å². The maximum atomic E-state index is 13.3. The Morgan fingerprint density at radius 1 is 1.06 bits per heavy atom. The fourth-order valence-electron chi connectivity index (χ4n) is 5.51. The van der Waals surface area contributed by atoms with E-state index in [-0.39, 0.29) is 36.0 Å². The first-order valence-corrected chi connectivity index (χ1v) is 12.0. The molecule has 33 heavy (non-hydrogen) atoms. The van der Waals surface area contributed by atoms with Gasteiger partial charge in [-0.1, -0.05) is 18.2 Å². The summed E-state index contributed by atoms with van der Waals surface area (Å²) in [4.78, 5) is 55.8. The Labute approximate surface area is 193 Å². The lowest BCUT2D eigenvalue weighted by molar-refractivity contribution is -0.138. The van der Waals surface area contributed by atoms with E-state index in [9.17, 15) is 19.2 Å². The number of nitrogens with zero attached hydrogens (tertiary/aromatic N) is 3. The highest BCUT2D eigenvalue weighted by Crippen LogP contribution is 2.30. The second kappa shape index (κ2) is 9.23. The molecule has 4 aliphatic rings. The predicted molar refractivity (Wildman–Crippen MR) is 120 cm³/mol. The van der Waals surface area contributed by atoms with E-state index in [1.165, 1.54) is 0 Å². The fourth-order valence-corrected chi connectivity index (χ4v) is 5.51. The molecule has 4 aliphatic heterocycles. The molecule has 0 bridgehead atoms. The third-order valence-corrected chi connectivity index (χ3v) is 7.36. The number of imide groups is 1. The van der Waals surface area contributed by atoms with Crippen molar-refractivity contribution in [2.24, 2.45) is 5.92 Å². The molecule has 3 saturated heterocycles. The Bertz CT molecular complexity index is 966. The Balaban J connectivity index is 1.22. The van der Waals surface area contributed by atoms with Crippen molar-refractivity contribution in [3.8, 4) is 0 Å². The van der Waals surface area contributed by atoms with Gasteiger partial charge in [-0.05, 0) is 36.9 Å². The van der Waals surface area contributed by atoms with Gasteiger partial charge in [-0.3, -0.25) is 29.4 Å². The molecule has 4 amide bonds. The lowest BCUT2D eigenvalue weighted by atomic mass is 9.97. The van der Waals surface area contributed by atoms with Gasteiger partial charge < -0.3 is 15.1 Å². The molecule has 9 nitrogen and oxygen atoms in total. The largest absolute Gasteiger partial charge is 0.340 e. The van der Waals surface area contributed by atoms with E-state index in [0.29, 0.717) is 38.2 Å². The quantitative estimate of drug-likeness (QED) is 0.627. The number of hydrogen-bond donors (Lipinski definition) is 2. The molecule has 4 heterocycles. The van der Waals surface area contributed by atoms with Crippen LogP contribution in [0.15, 0.2) is 18.2 Å². The Morgan fingerprint density at radius 2 is 1.88 bits per heavy atom. The minimum Gasteiger partial charge on any atom is -0.340 e. The zero-order valence-corrected chi connectivity index (χ0v) is 18.8. The van der Waals surface area contributed by atoms with Gasteiger partial charge in [0.25, 0.3) is 5.91 Å². The van der Waals surface area contributed by atoms with Crippen LogP contribution in [0.1, 0.15) is 47.2 Å². The topological polar surface area (TPSA) is 102 Å². The summed E-state index contributed by atoms with van der Waals surface area (Å²) in [5.41, 5.74) is 2.58. The second-order valence-electron chi connectivity index (χ2n) is 9.50. The molecule has 2 atom stereocenters. The molecule has 5 rings (SSSR count). The van der Waals surface area contributed by atoms with Crippen molar-refractivity contribution in [1.29, 1.82) is 0 Å². The number of benzene rings is 1. The number of carbonyl (C=O) groups is 4. The lowest BCUT2D eigenvalue weighted by Gasteiger charge is -2.37. The molecular weight excluding hydrogens is 422 g/mol. The van der Waals surface area contributed by atoms with Crippen LogP contribution in [0, 0.1) is 5.92 Å². The van der Waals surface area contributed by atoms with Crippen LogP contribution in [0.4, 0.5) is 0 Å². The average molecular weight is 454 g/mol. The van der Waals surface area contributed by atoms with Gasteiger partial charge in [0.1, 0.15) is 6.04 Å². The minimum absolute atomic E-state index is 0.0959. The summed E-state index contributed by atoms with van der Waals surface area (Å²) in [6.07, 6.45) is 2.64. The minimum atomic E-state index is -0.598. The second-order valence-corrected chi connectivity index (χ2v) is 9.50.